The zero-order valence-corrected chi connectivity index (χ0v) is 8.07. The number of para-hydroxylation sites is 1. The topological polar surface area (TPSA) is 55.5 Å². The second-order valence-electron chi connectivity index (χ2n) is 3.90. The first-order chi connectivity index (χ1) is 6.70. The van der Waals surface area contributed by atoms with Crippen molar-refractivity contribution in [2.75, 3.05) is 18.9 Å². The summed E-state index contributed by atoms with van der Waals surface area (Å²) in [5, 5.41) is 10.1. The summed E-state index contributed by atoms with van der Waals surface area (Å²) in [4.78, 5) is 0. The summed E-state index contributed by atoms with van der Waals surface area (Å²) in [5.41, 5.74) is 6.84. The Bertz CT molecular complexity index is 319. The highest BCUT2D eigenvalue weighted by molar-refractivity contribution is 5.47. The van der Waals surface area contributed by atoms with Crippen LogP contribution in [0.1, 0.15) is 12.0 Å². The SMILES string of the molecule is Nc1ccccc1CC1(O)CCOC1. The molecule has 1 aliphatic heterocycles. The van der Waals surface area contributed by atoms with Crippen LogP contribution in [0.5, 0.6) is 0 Å². The zero-order chi connectivity index (χ0) is 10.0. The van der Waals surface area contributed by atoms with Gasteiger partial charge in [0.2, 0.25) is 0 Å². The monoisotopic (exact) mass is 193 g/mol. The molecule has 3 N–H and O–H groups in total. The second-order valence-corrected chi connectivity index (χ2v) is 3.90. The fourth-order valence-electron chi connectivity index (χ4n) is 1.79. The molecule has 3 nitrogen and oxygen atoms in total. The molecule has 1 saturated heterocycles. The van der Waals surface area contributed by atoms with Crippen LogP contribution in [0, 0.1) is 0 Å². The molecule has 0 aromatic heterocycles. The minimum absolute atomic E-state index is 0.418. The Morgan fingerprint density at radius 2 is 2.21 bits per heavy atom. The number of ether oxygens (including phenoxy) is 1. The van der Waals surface area contributed by atoms with Crippen LogP contribution < -0.4 is 5.73 Å². The van der Waals surface area contributed by atoms with E-state index in [1.54, 1.807) is 0 Å². The normalized spacial score (nSPS) is 26.6. The molecule has 0 aliphatic carbocycles. The quantitative estimate of drug-likeness (QED) is 0.688. The number of rotatable bonds is 2. The maximum atomic E-state index is 10.1. The van der Waals surface area contributed by atoms with Gasteiger partial charge >= 0.3 is 0 Å². The Hall–Kier alpha value is -1.06. The van der Waals surface area contributed by atoms with Crippen molar-refractivity contribution >= 4 is 5.69 Å². The molecular formula is C11H15NO2. The fraction of sp³-hybridized carbons (Fsp3) is 0.455. The Balaban J connectivity index is 2.14. The molecule has 1 unspecified atom stereocenters. The van der Waals surface area contributed by atoms with E-state index in [1.165, 1.54) is 0 Å². The van der Waals surface area contributed by atoms with Gasteiger partial charge in [0.05, 0.1) is 12.2 Å². The average Bonchev–Trinajstić information content (AvgIpc) is 2.57. The Morgan fingerprint density at radius 1 is 1.43 bits per heavy atom. The van der Waals surface area contributed by atoms with Gasteiger partial charge in [-0.15, -0.1) is 0 Å². The van der Waals surface area contributed by atoms with E-state index in [9.17, 15) is 5.11 Å². The van der Waals surface area contributed by atoms with Crippen LogP contribution in [0.3, 0.4) is 0 Å². The lowest BCUT2D eigenvalue weighted by atomic mass is 9.93. The third-order valence-electron chi connectivity index (χ3n) is 2.66. The molecule has 0 bridgehead atoms. The lowest BCUT2D eigenvalue weighted by Gasteiger charge is -2.20. The van der Waals surface area contributed by atoms with Crippen molar-refractivity contribution in [3.05, 3.63) is 29.8 Å². The summed E-state index contributed by atoms with van der Waals surface area (Å²) in [6.07, 6.45) is 1.28. The second kappa shape index (κ2) is 3.59. The van der Waals surface area contributed by atoms with E-state index >= 15 is 0 Å². The summed E-state index contributed by atoms with van der Waals surface area (Å²) < 4.78 is 5.18. The molecule has 0 amide bonds. The van der Waals surface area contributed by atoms with Gasteiger partial charge in [-0.05, 0) is 11.6 Å². The molecule has 1 aromatic carbocycles. The number of nitrogen functional groups attached to an aromatic ring is 1. The first-order valence-electron chi connectivity index (χ1n) is 4.83. The van der Waals surface area contributed by atoms with Gasteiger partial charge < -0.3 is 15.6 Å². The van der Waals surface area contributed by atoms with E-state index in [2.05, 4.69) is 0 Å². The fourth-order valence-corrected chi connectivity index (χ4v) is 1.79. The molecular weight excluding hydrogens is 178 g/mol. The third-order valence-corrected chi connectivity index (χ3v) is 2.66. The van der Waals surface area contributed by atoms with Crippen LogP contribution in [0.15, 0.2) is 24.3 Å². The highest BCUT2D eigenvalue weighted by atomic mass is 16.5. The van der Waals surface area contributed by atoms with Crippen molar-refractivity contribution in [2.45, 2.75) is 18.4 Å². The van der Waals surface area contributed by atoms with Gasteiger partial charge in [0.25, 0.3) is 0 Å². The zero-order valence-electron chi connectivity index (χ0n) is 8.07. The highest BCUT2D eigenvalue weighted by Crippen LogP contribution is 2.25. The van der Waals surface area contributed by atoms with E-state index in [4.69, 9.17) is 10.5 Å². The van der Waals surface area contributed by atoms with Crippen LogP contribution in [0.2, 0.25) is 0 Å². The highest BCUT2D eigenvalue weighted by Gasteiger charge is 2.32. The number of anilines is 1. The molecule has 0 radical (unpaired) electrons. The molecule has 2 rings (SSSR count). The number of hydrogen-bond acceptors (Lipinski definition) is 3. The first-order valence-corrected chi connectivity index (χ1v) is 4.83. The Kier molecular flexibility index (Phi) is 2.44. The molecule has 1 fully saturated rings. The van der Waals surface area contributed by atoms with Crippen LogP contribution >= 0.6 is 0 Å². The molecule has 14 heavy (non-hydrogen) atoms. The summed E-state index contributed by atoms with van der Waals surface area (Å²) in [6, 6.07) is 7.64. The van der Waals surface area contributed by atoms with Gasteiger partial charge in [-0.1, -0.05) is 18.2 Å². The number of benzene rings is 1. The molecule has 3 heteroatoms. The standard InChI is InChI=1S/C11H15NO2/c12-10-4-2-1-3-9(10)7-11(13)5-6-14-8-11/h1-4,13H,5-8,12H2. The first kappa shape index (κ1) is 9.49. The van der Waals surface area contributed by atoms with Crippen LogP contribution in [-0.2, 0) is 11.2 Å². The van der Waals surface area contributed by atoms with Crippen molar-refractivity contribution in [2.24, 2.45) is 0 Å². The van der Waals surface area contributed by atoms with E-state index in [-0.39, 0.29) is 0 Å². The van der Waals surface area contributed by atoms with Gasteiger partial charge in [0.15, 0.2) is 0 Å². The van der Waals surface area contributed by atoms with Crippen molar-refractivity contribution in [3.63, 3.8) is 0 Å². The third kappa shape index (κ3) is 1.89. The van der Waals surface area contributed by atoms with Gasteiger partial charge in [-0.2, -0.15) is 0 Å². The van der Waals surface area contributed by atoms with Gasteiger partial charge in [-0.25, -0.2) is 0 Å². The number of nitrogens with two attached hydrogens (primary N) is 1. The Morgan fingerprint density at radius 3 is 2.86 bits per heavy atom. The van der Waals surface area contributed by atoms with E-state index < -0.39 is 5.60 Å². The van der Waals surface area contributed by atoms with E-state index in [1.807, 2.05) is 24.3 Å². The number of aliphatic hydroxyl groups is 1. The maximum Gasteiger partial charge on any atom is 0.0942 e. The van der Waals surface area contributed by atoms with Gasteiger partial charge in [0.1, 0.15) is 0 Å². The minimum atomic E-state index is -0.713. The van der Waals surface area contributed by atoms with Gasteiger partial charge in [-0.3, -0.25) is 0 Å². The largest absolute Gasteiger partial charge is 0.399 e. The molecule has 1 aromatic rings. The number of hydrogen-bond donors (Lipinski definition) is 2. The van der Waals surface area contributed by atoms with Crippen molar-refractivity contribution in [1.29, 1.82) is 0 Å². The van der Waals surface area contributed by atoms with E-state index in [0.29, 0.717) is 26.1 Å². The van der Waals surface area contributed by atoms with Crippen molar-refractivity contribution < 1.29 is 9.84 Å². The molecule has 1 aliphatic rings. The molecule has 0 spiro atoms. The predicted molar refractivity (Wildman–Crippen MR) is 54.9 cm³/mol. The molecule has 1 heterocycles. The molecule has 76 valence electrons. The smallest absolute Gasteiger partial charge is 0.0942 e. The van der Waals surface area contributed by atoms with Gasteiger partial charge in [0, 0.05) is 25.1 Å². The summed E-state index contributed by atoms with van der Waals surface area (Å²) in [5.74, 6) is 0. The maximum absolute atomic E-state index is 10.1. The summed E-state index contributed by atoms with van der Waals surface area (Å²) in [6.45, 7) is 1.06. The Labute approximate surface area is 83.5 Å². The summed E-state index contributed by atoms with van der Waals surface area (Å²) in [7, 11) is 0. The van der Waals surface area contributed by atoms with Crippen molar-refractivity contribution in [1.82, 2.24) is 0 Å². The molecule has 0 saturated carbocycles. The lowest BCUT2D eigenvalue weighted by molar-refractivity contribution is 0.0272. The van der Waals surface area contributed by atoms with Crippen LogP contribution in [-0.4, -0.2) is 23.9 Å². The average molecular weight is 193 g/mol. The van der Waals surface area contributed by atoms with Crippen LogP contribution in [0.4, 0.5) is 5.69 Å². The van der Waals surface area contributed by atoms with E-state index in [0.717, 1.165) is 11.3 Å². The lowest BCUT2D eigenvalue weighted by Crippen LogP contribution is -2.31. The summed E-state index contributed by atoms with van der Waals surface area (Å²) >= 11 is 0. The minimum Gasteiger partial charge on any atom is -0.399 e. The molecule has 1 atom stereocenters. The van der Waals surface area contributed by atoms with Crippen LogP contribution in [0.25, 0.3) is 0 Å². The predicted octanol–water partition coefficient (Wildman–Crippen LogP) is 0.963. The van der Waals surface area contributed by atoms with Crippen molar-refractivity contribution in [3.8, 4) is 0 Å².